The highest BCUT2D eigenvalue weighted by Gasteiger charge is 2.38. The molecule has 0 saturated heterocycles. The average Bonchev–Trinajstić information content (AvgIpc) is 2.28. The molecule has 1 heterocycles. The molecule has 0 spiro atoms. The number of nitrogens with two attached hydrogens (primary N) is 1. The fourth-order valence-electron chi connectivity index (χ4n) is 2.52. The van der Waals surface area contributed by atoms with E-state index in [9.17, 15) is 4.79 Å². The van der Waals surface area contributed by atoms with Crippen LogP contribution >= 0.6 is 11.6 Å². The quantitative estimate of drug-likeness (QED) is 0.810. The van der Waals surface area contributed by atoms with Gasteiger partial charge >= 0.3 is 0 Å². The van der Waals surface area contributed by atoms with Gasteiger partial charge in [0.25, 0.3) is 0 Å². The largest absolute Gasteiger partial charge is 0.317 e. The first-order chi connectivity index (χ1) is 8.49. The molecule has 1 aliphatic rings. The van der Waals surface area contributed by atoms with Gasteiger partial charge in [0.05, 0.1) is 5.54 Å². The molecule has 18 heavy (non-hydrogen) atoms. The predicted molar refractivity (Wildman–Crippen MR) is 72.4 cm³/mol. The molecule has 98 valence electrons. The highest BCUT2D eigenvalue weighted by atomic mass is 35.5. The smallest absolute Gasteiger partial charge is 0.245 e. The van der Waals surface area contributed by atoms with Crippen molar-refractivity contribution in [2.45, 2.75) is 38.1 Å². The van der Waals surface area contributed by atoms with Crippen LogP contribution in [0.4, 0.5) is 5.82 Å². The van der Waals surface area contributed by atoms with Crippen LogP contribution in [-0.2, 0) is 4.79 Å². The number of rotatable bonds is 2. The van der Waals surface area contributed by atoms with Crippen molar-refractivity contribution in [1.29, 1.82) is 0 Å². The fraction of sp³-hybridized carbons (Fsp3) is 0.538. The van der Waals surface area contributed by atoms with Crippen molar-refractivity contribution in [2.24, 2.45) is 11.7 Å². The zero-order valence-corrected chi connectivity index (χ0v) is 11.2. The number of halogens is 1. The van der Waals surface area contributed by atoms with Gasteiger partial charge in [-0.05, 0) is 30.9 Å². The first-order valence-corrected chi connectivity index (χ1v) is 6.60. The number of anilines is 1. The molecule has 2 rings (SSSR count). The third-order valence-corrected chi connectivity index (χ3v) is 3.65. The fourth-order valence-corrected chi connectivity index (χ4v) is 2.68. The summed E-state index contributed by atoms with van der Waals surface area (Å²) < 4.78 is 0. The van der Waals surface area contributed by atoms with Crippen LogP contribution < -0.4 is 11.1 Å². The van der Waals surface area contributed by atoms with E-state index in [0.29, 0.717) is 16.9 Å². The van der Waals surface area contributed by atoms with Crippen molar-refractivity contribution in [1.82, 2.24) is 4.98 Å². The van der Waals surface area contributed by atoms with Gasteiger partial charge in [0.1, 0.15) is 11.0 Å². The summed E-state index contributed by atoms with van der Waals surface area (Å²) in [7, 11) is 0. The number of hydrogen-bond acceptors (Lipinski definition) is 3. The van der Waals surface area contributed by atoms with E-state index in [2.05, 4.69) is 17.2 Å². The minimum Gasteiger partial charge on any atom is -0.317 e. The summed E-state index contributed by atoms with van der Waals surface area (Å²) in [5.41, 5.74) is 5.43. The summed E-state index contributed by atoms with van der Waals surface area (Å²) in [6, 6.07) is 5.12. The van der Waals surface area contributed by atoms with Crippen molar-refractivity contribution in [3.63, 3.8) is 0 Å². The molecule has 0 aliphatic heterocycles. The molecule has 1 aromatic heterocycles. The molecule has 1 saturated carbocycles. The molecule has 4 nitrogen and oxygen atoms in total. The number of pyridine rings is 1. The van der Waals surface area contributed by atoms with Crippen LogP contribution in [0.1, 0.15) is 32.6 Å². The first-order valence-electron chi connectivity index (χ1n) is 6.22. The predicted octanol–water partition coefficient (Wildman–Crippen LogP) is 2.58. The summed E-state index contributed by atoms with van der Waals surface area (Å²) in [5, 5.41) is 3.11. The molecule has 1 fully saturated rings. The Hall–Kier alpha value is -1.13. The van der Waals surface area contributed by atoms with Gasteiger partial charge in [-0.1, -0.05) is 37.4 Å². The SMILES string of the molecule is CC1CCCC(N)(C(=O)Nc2cccc(Cl)n2)C1. The van der Waals surface area contributed by atoms with Crippen molar-refractivity contribution >= 4 is 23.3 Å². The third-order valence-electron chi connectivity index (χ3n) is 3.44. The maximum absolute atomic E-state index is 12.2. The van der Waals surface area contributed by atoms with E-state index in [1.54, 1.807) is 18.2 Å². The van der Waals surface area contributed by atoms with Gasteiger partial charge in [0.15, 0.2) is 0 Å². The normalized spacial score (nSPS) is 27.8. The summed E-state index contributed by atoms with van der Waals surface area (Å²) in [6.07, 6.45) is 3.58. The van der Waals surface area contributed by atoms with Gasteiger partial charge in [0.2, 0.25) is 5.91 Å². The number of carbonyl (C=O) groups excluding carboxylic acids is 1. The number of nitrogens with zero attached hydrogens (tertiary/aromatic N) is 1. The molecule has 2 unspecified atom stereocenters. The number of amides is 1. The summed E-state index contributed by atoms with van der Waals surface area (Å²) in [6.45, 7) is 2.13. The molecule has 0 radical (unpaired) electrons. The monoisotopic (exact) mass is 267 g/mol. The Morgan fingerprint density at radius 3 is 3.06 bits per heavy atom. The van der Waals surface area contributed by atoms with E-state index in [1.807, 2.05) is 0 Å². The van der Waals surface area contributed by atoms with Crippen LogP contribution in [-0.4, -0.2) is 16.4 Å². The Bertz CT molecular complexity index is 452. The van der Waals surface area contributed by atoms with Gasteiger partial charge in [-0.2, -0.15) is 0 Å². The van der Waals surface area contributed by atoms with Crippen molar-refractivity contribution < 1.29 is 4.79 Å². The van der Waals surface area contributed by atoms with E-state index >= 15 is 0 Å². The Morgan fingerprint density at radius 1 is 1.61 bits per heavy atom. The second-order valence-corrected chi connectivity index (χ2v) is 5.54. The van der Waals surface area contributed by atoms with E-state index < -0.39 is 5.54 Å². The molecular formula is C13H18ClN3O. The van der Waals surface area contributed by atoms with E-state index in [0.717, 1.165) is 25.7 Å². The maximum Gasteiger partial charge on any atom is 0.245 e. The summed E-state index contributed by atoms with van der Waals surface area (Å²) in [4.78, 5) is 16.3. The standard InChI is InChI=1S/C13H18ClN3O/c1-9-4-3-7-13(15,8-9)12(18)17-11-6-2-5-10(14)16-11/h2,5-6,9H,3-4,7-8,15H2,1H3,(H,16,17,18). The van der Waals surface area contributed by atoms with Gasteiger partial charge in [-0.3, -0.25) is 4.79 Å². The van der Waals surface area contributed by atoms with E-state index in [4.69, 9.17) is 17.3 Å². The molecule has 2 atom stereocenters. The first kappa shape index (κ1) is 13.3. The van der Waals surface area contributed by atoms with Crippen molar-refractivity contribution in [3.8, 4) is 0 Å². The lowest BCUT2D eigenvalue weighted by Gasteiger charge is -2.35. The molecular weight excluding hydrogens is 250 g/mol. The Kier molecular flexibility index (Phi) is 3.88. The minimum atomic E-state index is -0.776. The van der Waals surface area contributed by atoms with Crippen molar-refractivity contribution in [3.05, 3.63) is 23.4 Å². The van der Waals surface area contributed by atoms with Crippen LogP contribution in [0, 0.1) is 5.92 Å². The Morgan fingerprint density at radius 2 is 2.39 bits per heavy atom. The highest BCUT2D eigenvalue weighted by Crippen LogP contribution is 2.31. The number of carbonyl (C=O) groups is 1. The minimum absolute atomic E-state index is 0.163. The average molecular weight is 268 g/mol. The zero-order chi connectivity index (χ0) is 13.2. The van der Waals surface area contributed by atoms with Crippen LogP contribution in [0.2, 0.25) is 5.15 Å². The lowest BCUT2D eigenvalue weighted by Crippen LogP contribution is -2.53. The second-order valence-electron chi connectivity index (χ2n) is 5.16. The molecule has 0 aromatic carbocycles. The Balaban J connectivity index is 2.07. The number of aromatic nitrogens is 1. The second kappa shape index (κ2) is 5.24. The third kappa shape index (κ3) is 3.00. The highest BCUT2D eigenvalue weighted by molar-refractivity contribution is 6.29. The van der Waals surface area contributed by atoms with Crippen LogP contribution in [0.5, 0.6) is 0 Å². The summed E-state index contributed by atoms with van der Waals surface area (Å²) >= 11 is 5.78. The van der Waals surface area contributed by atoms with Gasteiger partial charge in [-0.25, -0.2) is 4.98 Å². The zero-order valence-electron chi connectivity index (χ0n) is 10.4. The number of hydrogen-bond donors (Lipinski definition) is 2. The van der Waals surface area contributed by atoms with Gasteiger partial charge in [-0.15, -0.1) is 0 Å². The lowest BCUT2D eigenvalue weighted by molar-refractivity contribution is -0.122. The van der Waals surface area contributed by atoms with Crippen molar-refractivity contribution in [2.75, 3.05) is 5.32 Å². The van der Waals surface area contributed by atoms with Crippen LogP contribution in [0.3, 0.4) is 0 Å². The molecule has 1 amide bonds. The van der Waals surface area contributed by atoms with Gasteiger partial charge in [0, 0.05) is 0 Å². The summed E-state index contributed by atoms with van der Waals surface area (Å²) in [5.74, 6) is 0.779. The topological polar surface area (TPSA) is 68.0 Å². The number of nitrogens with one attached hydrogen (secondary N) is 1. The van der Waals surface area contributed by atoms with E-state index in [1.165, 1.54) is 0 Å². The molecule has 1 aliphatic carbocycles. The molecule has 1 aromatic rings. The van der Waals surface area contributed by atoms with Gasteiger partial charge < -0.3 is 11.1 Å². The maximum atomic E-state index is 12.2. The molecule has 3 N–H and O–H groups in total. The van der Waals surface area contributed by atoms with Crippen LogP contribution in [0.25, 0.3) is 0 Å². The Labute approximate surface area is 112 Å². The molecule has 5 heteroatoms. The van der Waals surface area contributed by atoms with E-state index in [-0.39, 0.29) is 5.91 Å². The molecule has 0 bridgehead atoms. The van der Waals surface area contributed by atoms with Crippen LogP contribution in [0.15, 0.2) is 18.2 Å². The lowest BCUT2D eigenvalue weighted by atomic mass is 9.76.